The summed E-state index contributed by atoms with van der Waals surface area (Å²) in [6, 6.07) is 7.02. The minimum Gasteiger partial charge on any atom is -0.423 e. The SMILES string of the molecule is C/C=C/CCC1CCC2CC(c3c(F)cc(C(=O)Oc4ccc(F)cc4)cc3F)CCC2C1. The van der Waals surface area contributed by atoms with Crippen molar-refractivity contribution in [2.45, 2.75) is 64.2 Å². The van der Waals surface area contributed by atoms with Crippen molar-refractivity contribution in [2.24, 2.45) is 17.8 Å². The van der Waals surface area contributed by atoms with Crippen molar-refractivity contribution in [3.8, 4) is 5.75 Å². The van der Waals surface area contributed by atoms with Crippen LogP contribution >= 0.6 is 0 Å². The highest BCUT2D eigenvalue weighted by Crippen LogP contribution is 2.49. The maximum Gasteiger partial charge on any atom is 0.343 e. The summed E-state index contributed by atoms with van der Waals surface area (Å²) in [5.41, 5.74) is -0.0876. The fourth-order valence-corrected chi connectivity index (χ4v) is 5.77. The monoisotopic (exact) mass is 456 g/mol. The third-order valence-electron chi connectivity index (χ3n) is 7.45. The average Bonchev–Trinajstić information content (AvgIpc) is 2.80. The van der Waals surface area contributed by atoms with Gasteiger partial charge in [0.25, 0.3) is 0 Å². The van der Waals surface area contributed by atoms with E-state index in [9.17, 15) is 9.18 Å². The van der Waals surface area contributed by atoms with Crippen molar-refractivity contribution in [3.05, 3.63) is 77.1 Å². The summed E-state index contributed by atoms with van der Waals surface area (Å²) in [6.45, 7) is 2.05. The van der Waals surface area contributed by atoms with Gasteiger partial charge in [0.15, 0.2) is 0 Å². The summed E-state index contributed by atoms with van der Waals surface area (Å²) in [6.07, 6.45) is 12.8. The van der Waals surface area contributed by atoms with E-state index >= 15 is 8.78 Å². The highest BCUT2D eigenvalue weighted by molar-refractivity contribution is 5.91. The van der Waals surface area contributed by atoms with E-state index < -0.39 is 23.4 Å². The molecular formula is C28H31F3O2. The molecule has 2 aliphatic carbocycles. The zero-order valence-electron chi connectivity index (χ0n) is 19.0. The van der Waals surface area contributed by atoms with Crippen LogP contribution in [0.15, 0.2) is 48.6 Å². The number of hydrogen-bond acceptors (Lipinski definition) is 2. The van der Waals surface area contributed by atoms with Crippen molar-refractivity contribution >= 4 is 5.97 Å². The molecule has 4 atom stereocenters. The summed E-state index contributed by atoms with van der Waals surface area (Å²) in [5, 5.41) is 0. The number of carbonyl (C=O) groups is 1. The molecule has 0 aliphatic heterocycles. The van der Waals surface area contributed by atoms with Gasteiger partial charge in [0.05, 0.1) is 5.56 Å². The molecule has 0 spiro atoms. The highest BCUT2D eigenvalue weighted by atomic mass is 19.1. The molecule has 176 valence electrons. The lowest BCUT2D eigenvalue weighted by molar-refractivity contribution is 0.0733. The van der Waals surface area contributed by atoms with Gasteiger partial charge in [-0.1, -0.05) is 18.6 Å². The number of ether oxygens (including phenoxy) is 1. The van der Waals surface area contributed by atoms with Crippen LogP contribution in [0.1, 0.15) is 80.1 Å². The molecule has 2 aromatic carbocycles. The van der Waals surface area contributed by atoms with Crippen LogP contribution < -0.4 is 4.74 Å². The minimum absolute atomic E-state index is 0.0991. The van der Waals surface area contributed by atoms with Crippen LogP contribution in [-0.4, -0.2) is 5.97 Å². The van der Waals surface area contributed by atoms with E-state index in [4.69, 9.17) is 4.74 Å². The Balaban J connectivity index is 1.41. The first-order valence-electron chi connectivity index (χ1n) is 12.0. The van der Waals surface area contributed by atoms with Gasteiger partial charge in [-0.15, -0.1) is 0 Å². The molecule has 2 fully saturated rings. The second-order valence-corrected chi connectivity index (χ2v) is 9.55. The summed E-state index contributed by atoms with van der Waals surface area (Å²) >= 11 is 0. The van der Waals surface area contributed by atoms with E-state index in [0.717, 1.165) is 62.3 Å². The average molecular weight is 457 g/mol. The zero-order chi connectivity index (χ0) is 23.4. The van der Waals surface area contributed by atoms with Gasteiger partial charge in [-0.05, 0) is 112 Å². The number of hydrogen-bond donors (Lipinski definition) is 0. The van der Waals surface area contributed by atoms with Crippen molar-refractivity contribution in [3.63, 3.8) is 0 Å². The Morgan fingerprint density at radius 3 is 2.33 bits per heavy atom. The van der Waals surface area contributed by atoms with E-state index in [0.29, 0.717) is 11.8 Å². The number of allylic oxidation sites excluding steroid dienone is 2. The molecule has 4 unspecified atom stereocenters. The molecule has 0 amide bonds. The molecule has 0 aromatic heterocycles. The summed E-state index contributed by atoms with van der Waals surface area (Å²) in [5.74, 6) is -0.823. The minimum atomic E-state index is -0.870. The van der Waals surface area contributed by atoms with Crippen LogP contribution in [0.3, 0.4) is 0 Å². The number of rotatable bonds is 6. The van der Waals surface area contributed by atoms with Gasteiger partial charge in [0, 0.05) is 5.56 Å². The van der Waals surface area contributed by atoms with E-state index in [2.05, 4.69) is 19.1 Å². The molecule has 0 radical (unpaired) electrons. The smallest absolute Gasteiger partial charge is 0.343 e. The van der Waals surface area contributed by atoms with Gasteiger partial charge in [-0.3, -0.25) is 0 Å². The van der Waals surface area contributed by atoms with Crippen LogP contribution in [0.25, 0.3) is 0 Å². The molecule has 0 heterocycles. The molecule has 2 aromatic rings. The Morgan fingerprint density at radius 1 is 0.970 bits per heavy atom. The first-order valence-corrected chi connectivity index (χ1v) is 12.0. The van der Waals surface area contributed by atoms with Gasteiger partial charge in [0.2, 0.25) is 0 Å². The van der Waals surface area contributed by atoms with Gasteiger partial charge >= 0.3 is 5.97 Å². The van der Waals surface area contributed by atoms with Crippen molar-refractivity contribution in [1.82, 2.24) is 0 Å². The van der Waals surface area contributed by atoms with E-state index in [1.807, 2.05) is 0 Å². The Morgan fingerprint density at radius 2 is 1.64 bits per heavy atom. The number of halogens is 3. The van der Waals surface area contributed by atoms with Crippen LogP contribution in [0.5, 0.6) is 5.75 Å². The molecule has 5 heteroatoms. The third-order valence-corrected chi connectivity index (χ3v) is 7.45. The molecule has 0 bridgehead atoms. The number of esters is 1. The highest BCUT2D eigenvalue weighted by Gasteiger charge is 2.37. The number of carbonyl (C=O) groups excluding carboxylic acids is 1. The van der Waals surface area contributed by atoms with Gasteiger partial charge < -0.3 is 4.74 Å². The third kappa shape index (κ3) is 5.69. The number of fused-ring (bicyclic) bond motifs is 1. The Labute approximate surface area is 193 Å². The quantitative estimate of drug-likeness (QED) is 0.250. The Kier molecular flexibility index (Phi) is 7.56. The van der Waals surface area contributed by atoms with Crippen LogP contribution in [0, 0.1) is 35.2 Å². The Hall–Kier alpha value is -2.56. The van der Waals surface area contributed by atoms with E-state index in [-0.39, 0.29) is 22.8 Å². The predicted molar refractivity (Wildman–Crippen MR) is 123 cm³/mol. The van der Waals surface area contributed by atoms with Crippen molar-refractivity contribution in [1.29, 1.82) is 0 Å². The van der Waals surface area contributed by atoms with Crippen LogP contribution in [0.4, 0.5) is 13.2 Å². The predicted octanol–water partition coefficient (Wildman–Crippen LogP) is 7.98. The standard InChI is InChI=1S/C28H31F3O2/c1-2-3-4-5-18-6-7-20-15-21(9-8-19(20)14-18)27-25(30)16-22(17-26(27)31)28(32)33-24-12-10-23(29)11-13-24/h2-3,10-13,16-21H,4-9,14-15H2,1H3/b3-2+. The lowest BCUT2D eigenvalue weighted by Gasteiger charge is -2.42. The molecular weight excluding hydrogens is 425 g/mol. The van der Waals surface area contributed by atoms with Crippen LogP contribution in [-0.2, 0) is 0 Å². The zero-order valence-corrected chi connectivity index (χ0v) is 19.0. The fourth-order valence-electron chi connectivity index (χ4n) is 5.77. The molecule has 0 N–H and O–H groups in total. The Bertz CT molecular complexity index is 976. The fraction of sp³-hybridized carbons (Fsp3) is 0.464. The second kappa shape index (κ2) is 10.6. The van der Waals surface area contributed by atoms with Gasteiger partial charge in [-0.25, -0.2) is 18.0 Å². The molecule has 0 saturated heterocycles. The maximum atomic E-state index is 15.0. The maximum absolute atomic E-state index is 15.0. The summed E-state index contributed by atoms with van der Waals surface area (Å²) < 4.78 is 48.1. The van der Waals surface area contributed by atoms with E-state index in [1.165, 1.54) is 31.4 Å². The topological polar surface area (TPSA) is 26.3 Å². The van der Waals surface area contributed by atoms with Crippen molar-refractivity contribution in [2.75, 3.05) is 0 Å². The van der Waals surface area contributed by atoms with Crippen LogP contribution in [0.2, 0.25) is 0 Å². The first-order chi connectivity index (χ1) is 15.9. The van der Waals surface area contributed by atoms with E-state index in [1.54, 1.807) is 0 Å². The van der Waals surface area contributed by atoms with Gasteiger partial charge in [-0.2, -0.15) is 0 Å². The summed E-state index contributed by atoms with van der Waals surface area (Å²) in [7, 11) is 0. The largest absolute Gasteiger partial charge is 0.423 e. The number of benzene rings is 2. The summed E-state index contributed by atoms with van der Waals surface area (Å²) in [4.78, 5) is 12.4. The molecule has 2 aliphatic rings. The lowest BCUT2D eigenvalue weighted by atomic mass is 9.63. The lowest BCUT2D eigenvalue weighted by Crippen LogP contribution is -2.31. The molecule has 2 saturated carbocycles. The van der Waals surface area contributed by atoms with Crippen molar-refractivity contribution < 1.29 is 22.7 Å². The molecule has 2 nitrogen and oxygen atoms in total. The first kappa shape index (κ1) is 23.6. The molecule has 33 heavy (non-hydrogen) atoms. The molecule has 4 rings (SSSR count). The second-order valence-electron chi connectivity index (χ2n) is 9.55. The van der Waals surface area contributed by atoms with Gasteiger partial charge in [0.1, 0.15) is 23.2 Å². The normalized spacial score (nSPS) is 25.1.